The van der Waals surface area contributed by atoms with Crippen LogP contribution in [0.3, 0.4) is 0 Å². The van der Waals surface area contributed by atoms with E-state index < -0.39 is 0 Å². The molecule has 0 aromatic carbocycles. The van der Waals surface area contributed by atoms with Crippen LogP contribution in [0.2, 0.25) is 0 Å². The number of rotatable bonds is 8. The van der Waals surface area contributed by atoms with Gasteiger partial charge in [0.25, 0.3) is 0 Å². The summed E-state index contributed by atoms with van der Waals surface area (Å²) in [6, 6.07) is 0. The van der Waals surface area contributed by atoms with Crippen LogP contribution in [0.15, 0.2) is 0 Å². The third-order valence-electron chi connectivity index (χ3n) is 7.96. The van der Waals surface area contributed by atoms with Crippen molar-refractivity contribution in [3.63, 3.8) is 0 Å². The Bertz CT molecular complexity index is 528. The van der Waals surface area contributed by atoms with Gasteiger partial charge in [0.1, 0.15) is 0 Å². The molecule has 4 rings (SSSR count). The number of ether oxygens (including phenoxy) is 4. The molecule has 0 bridgehead atoms. The van der Waals surface area contributed by atoms with Gasteiger partial charge in [-0.25, -0.2) is 0 Å². The molecule has 0 atom stereocenters. The van der Waals surface area contributed by atoms with Gasteiger partial charge in [0.05, 0.1) is 49.5 Å². The third kappa shape index (κ3) is 9.14. The molecule has 0 spiro atoms. The van der Waals surface area contributed by atoms with E-state index in [2.05, 4.69) is 0 Å². The minimum atomic E-state index is -0.00758. The standard InChI is InChI=1S/2C14H24O3/c2*1-2-16-14(15)11-7-9-13(10-8-11)17-12-5-3-4-6-12/h2*11-13H,2-10H2,1H3/t2*11-,13-. The van der Waals surface area contributed by atoms with E-state index in [1.165, 1.54) is 51.4 Å². The molecular formula is C28H48O6. The van der Waals surface area contributed by atoms with Crippen LogP contribution in [0.5, 0.6) is 0 Å². The summed E-state index contributed by atoms with van der Waals surface area (Å²) in [5.74, 6) is 0.232. The highest BCUT2D eigenvalue weighted by atomic mass is 16.5. The molecule has 0 aromatic rings. The topological polar surface area (TPSA) is 71.1 Å². The van der Waals surface area contributed by atoms with E-state index in [0.717, 1.165) is 51.4 Å². The van der Waals surface area contributed by atoms with Gasteiger partial charge in [-0.05, 0) is 90.9 Å². The lowest BCUT2D eigenvalue weighted by Gasteiger charge is -2.29. The zero-order valence-corrected chi connectivity index (χ0v) is 21.6. The minimum absolute atomic E-state index is 0.00758. The maximum atomic E-state index is 11.6. The molecule has 4 aliphatic rings. The van der Waals surface area contributed by atoms with E-state index in [9.17, 15) is 9.59 Å². The molecule has 0 unspecified atom stereocenters. The predicted octanol–water partition coefficient (Wildman–Crippen LogP) is 6.14. The van der Waals surface area contributed by atoms with Crippen LogP contribution >= 0.6 is 0 Å². The second kappa shape index (κ2) is 15.1. The molecular weight excluding hydrogens is 432 g/mol. The molecule has 4 saturated carbocycles. The Morgan fingerprint density at radius 3 is 1.09 bits per heavy atom. The predicted molar refractivity (Wildman–Crippen MR) is 131 cm³/mol. The quantitative estimate of drug-likeness (QED) is 0.389. The lowest BCUT2D eigenvalue weighted by Crippen LogP contribution is -2.29. The van der Waals surface area contributed by atoms with Gasteiger partial charge in [0.15, 0.2) is 0 Å². The van der Waals surface area contributed by atoms with Gasteiger partial charge < -0.3 is 18.9 Å². The summed E-state index contributed by atoms with van der Waals surface area (Å²) in [4.78, 5) is 23.2. The summed E-state index contributed by atoms with van der Waals surface area (Å²) < 4.78 is 22.3. The SMILES string of the molecule is CCOC(=O)[C@H]1CC[C@H](OC2CCCC2)CC1.CCOC(=O)[C@H]1CC[C@H](OC2CCCC2)CC1. The van der Waals surface area contributed by atoms with Crippen molar-refractivity contribution in [2.75, 3.05) is 13.2 Å². The molecule has 0 N–H and O–H groups in total. The maximum Gasteiger partial charge on any atom is 0.308 e. The van der Waals surface area contributed by atoms with Crippen LogP contribution in [-0.4, -0.2) is 49.6 Å². The normalized spacial score (nSPS) is 30.4. The molecule has 196 valence electrons. The molecule has 0 heterocycles. The minimum Gasteiger partial charge on any atom is -0.466 e. The largest absolute Gasteiger partial charge is 0.466 e. The molecule has 0 amide bonds. The highest BCUT2D eigenvalue weighted by Crippen LogP contribution is 2.32. The summed E-state index contributed by atoms with van der Waals surface area (Å²) in [7, 11) is 0. The van der Waals surface area contributed by atoms with Gasteiger partial charge in [-0.15, -0.1) is 0 Å². The second-order valence-electron chi connectivity index (χ2n) is 10.5. The van der Waals surface area contributed by atoms with Gasteiger partial charge >= 0.3 is 11.9 Å². The highest BCUT2D eigenvalue weighted by molar-refractivity contribution is 5.72. The van der Waals surface area contributed by atoms with Crippen LogP contribution in [0.25, 0.3) is 0 Å². The van der Waals surface area contributed by atoms with E-state index in [-0.39, 0.29) is 23.8 Å². The van der Waals surface area contributed by atoms with Gasteiger partial charge in [-0.1, -0.05) is 25.7 Å². The van der Waals surface area contributed by atoms with Gasteiger partial charge in [0.2, 0.25) is 0 Å². The Kier molecular flexibility index (Phi) is 12.2. The van der Waals surface area contributed by atoms with E-state index >= 15 is 0 Å². The van der Waals surface area contributed by atoms with Crippen LogP contribution < -0.4 is 0 Å². The molecule has 0 radical (unpaired) electrons. The number of esters is 2. The molecule has 0 aliphatic heterocycles. The molecule has 4 fully saturated rings. The average molecular weight is 481 g/mol. The monoisotopic (exact) mass is 480 g/mol. The Balaban J connectivity index is 0.000000191. The fourth-order valence-electron chi connectivity index (χ4n) is 5.98. The van der Waals surface area contributed by atoms with Crippen molar-refractivity contribution < 1.29 is 28.5 Å². The number of hydrogen-bond acceptors (Lipinski definition) is 6. The summed E-state index contributed by atoms with van der Waals surface area (Å²) in [6.07, 6.45) is 19.9. The first-order valence-corrected chi connectivity index (χ1v) is 14.2. The van der Waals surface area contributed by atoms with Crippen LogP contribution in [-0.2, 0) is 28.5 Å². The Hall–Kier alpha value is -1.14. The molecule has 34 heavy (non-hydrogen) atoms. The van der Waals surface area contributed by atoms with Crippen molar-refractivity contribution in [1.29, 1.82) is 0 Å². The fraction of sp³-hybridized carbons (Fsp3) is 0.929. The van der Waals surface area contributed by atoms with Gasteiger partial charge in [0, 0.05) is 0 Å². The Morgan fingerprint density at radius 2 is 0.794 bits per heavy atom. The van der Waals surface area contributed by atoms with Crippen molar-refractivity contribution >= 4 is 11.9 Å². The van der Waals surface area contributed by atoms with E-state index in [1.54, 1.807) is 0 Å². The van der Waals surface area contributed by atoms with Gasteiger partial charge in [-0.2, -0.15) is 0 Å². The molecule has 4 aliphatic carbocycles. The summed E-state index contributed by atoms with van der Waals surface area (Å²) >= 11 is 0. The number of carbonyl (C=O) groups is 2. The Morgan fingerprint density at radius 1 is 0.500 bits per heavy atom. The lowest BCUT2D eigenvalue weighted by atomic mass is 9.87. The van der Waals surface area contributed by atoms with Crippen molar-refractivity contribution in [3.05, 3.63) is 0 Å². The smallest absolute Gasteiger partial charge is 0.308 e. The Labute approximate surface area is 206 Å². The van der Waals surface area contributed by atoms with E-state index in [4.69, 9.17) is 18.9 Å². The van der Waals surface area contributed by atoms with Crippen molar-refractivity contribution in [1.82, 2.24) is 0 Å². The van der Waals surface area contributed by atoms with Crippen molar-refractivity contribution in [3.8, 4) is 0 Å². The van der Waals surface area contributed by atoms with Crippen molar-refractivity contribution in [2.45, 2.75) is 141 Å². The lowest BCUT2D eigenvalue weighted by molar-refractivity contribution is -0.151. The number of carbonyl (C=O) groups excluding carboxylic acids is 2. The molecule has 6 nitrogen and oxygen atoms in total. The second-order valence-corrected chi connectivity index (χ2v) is 10.5. The van der Waals surface area contributed by atoms with E-state index in [1.807, 2.05) is 13.8 Å². The van der Waals surface area contributed by atoms with E-state index in [0.29, 0.717) is 37.6 Å². The fourth-order valence-corrected chi connectivity index (χ4v) is 5.98. The van der Waals surface area contributed by atoms with Gasteiger partial charge in [-0.3, -0.25) is 9.59 Å². The molecule has 0 saturated heterocycles. The summed E-state index contributed by atoms with van der Waals surface area (Å²) in [6.45, 7) is 4.73. The first-order chi connectivity index (χ1) is 16.6. The summed E-state index contributed by atoms with van der Waals surface area (Å²) in [5.41, 5.74) is 0. The zero-order valence-electron chi connectivity index (χ0n) is 21.6. The number of hydrogen-bond donors (Lipinski definition) is 0. The first kappa shape index (κ1) is 27.4. The summed E-state index contributed by atoms with van der Waals surface area (Å²) in [5, 5.41) is 0. The third-order valence-corrected chi connectivity index (χ3v) is 7.96. The van der Waals surface area contributed by atoms with Crippen LogP contribution in [0, 0.1) is 11.8 Å². The maximum absolute atomic E-state index is 11.6. The molecule has 0 aromatic heterocycles. The zero-order chi connectivity index (χ0) is 24.2. The van der Waals surface area contributed by atoms with Crippen molar-refractivity contribution in [2.24, 2.45) is 11.8 Å². The van der Waals surface area contributed by atoms with Crippen LogP contribution in [0.1, 0.15) is 117 Å². The average Bonchev–Trinajstić information content (AvgIpc) is 3.55. The first-order valence-electron chi connectivity index (χ1n) is 14.2. The highest BCUT2D eigenvalue weighted by Gasteiger charge is 2.30. The molecule has 6 heteroatoms. The van der Waals surface area contributed by atoms with Crippen LogP contribution in [0.4, 0.5) is 0 Å².